The molecule has 0 fully saturated rings. The first-order chi connectivity index (χ1) is 8.52. The fourth-order valence-corrected chi connectivity index (χ4v) is 2.19. The molecule has 3 heteroatoms. The summed E-state index contributed by atoms with van der Waals surface area (Å²) in [6.45, 7) is 7.33. The van der Waals surface area contributed by atoms with Gasteiger partial charge < -0.3 is 10.2 Å². The van der Waals surface area contributed by atoms with Crippen molar-refractivity contribution in [2.75, 3.05) is 27.2 Å². The van der Waals surface area contributed by atoms with Crippen molar-refractivity contribution in [3.8, 4) is 0 Å². The molecule has 102 valence electrons. The minimum Gasteiger partial charge on any atom is -0.319 e. The fourth-order valence-electron chi connectivity index (χ4n) is 2.19. The van der Waals surface area contributed by atoms with Gasteiger partial charge in [0.05, 0.1) is 0 Å². The molecule has 1 unspecified atom stereocenters. The average Bonchev–Trinajstić information content (AvgIpc) is 2.28. The third kappa shape index (κ3) is 5.15. The largest absolute Gasteiger partial charge is 0.319 e. The van der Waals surface area contributed by atoms with Crippen LogP contribution in [-0.2, 0) is 6.54 Å². The molecule has 0 amide bonds. The summed E-state index contributed by atoms with van der Waals surface area (Å²) >= 11 is 0. The van der Waals surface area contributed by atoms with Crippen LogP contribution in [0.1, 0.15) is 19.4 Å². The second-order valence-corrected chi connectivity index (χ2v) is 5.39. The molecule has 0 saturated carbocycles. The van der Waals surface area contributed by atoms with E-state index in [0.717, 1.165) is 25.2 Å². The van der Waals surface area contributed by atoms with Crippen LogP contribution in [0.4, 0.5) is 4.39 Å². The molecule has 0 bridgehead atoms. The van der Waals surface area contributed by atoms with Gasteiger partial charge in [0.2, 0.25) is 0 Å². The maximum absolute atomic E-state index is 13.1. The van der Waals surface area contributed by atoms with Crippen molar-refractivity contribution < 1.29 is 4.39 Å². The van der Waals surface area contributed by atoms with E-state index in [-0.39, 0.29) is 5.82 Å². The molecule has 0 heterocycles. The lowest BCUT2D eigenvalue weighted by atomic mass is 9.95. The summed E-state index contributed by atoms with van der Waals surface area (Å²) in [5.74, 6) is 1.11. The molecule has 0 aromatic heterocycles. The normalized spacial score (nSPS) is 13.3. The Morgan fingerprint density at radius 1 is 1.33 bits per heavy atom. The van der Waals surface area contributed by atoms with Crippen molar-refractivity contribution >= 4 is 0 Å². The van der Waals surface area contributed by atoms with E-state index in [9.17, 15) is 4.39 Å². The van der Waals surface area contributed by atoms with Gasteiger partial charge in [0.25, 0.3) is 0 Å². The van der Waals surface area contributed by atoms with Gasteiger partial charge in [-0.25, -0.2) is 4.39 Å². The number of benzene rings is 1. The van der Waals surface area contributed by atoms with Crippen molar-refractivity contribution in [1.82, 2.24) is 10.2 Å². The van der Waals surface area contributed by atoms with E-state index in [1.54, 1.807) is 12.1 Å². The standard InChI is InChI=1S/C15H25FN2/c1-12(2)14(9-17-3)11-18(4)10-13-6-5-7-15(16)8-13/h5-8,12,14,17H,9-11H2,1-4H3. The highest BCUT2D eigenvalue weighted by molar-refractivity contribution is 5.16. The average molecular weight is 252 g/mol. The molecule has 0 radical (unpaired) electrons. The molecule has 0 aliphatic carbocycles. The Kier molecular flexibility index (Phi) is 6.30. The molecule has 0 aliphatic rings. The zero-order valence-electron chi connectivity index (χ0n) is 11.9. The summed E-state index contributed by atoms with van der Waals surface area (Å²) in [6, 6.07) is 6.84. The summed E-state index contributed by atoms with van der Waals surface area (Å²) in [7, 11) is 4.08. The maximum Gasteiger partial charge on any atom is 0.123 e. The number of nitrogens with zero attached hydrogens (tertiary/aromatic N) is 1. The van der Waals surface area contributed by atoms with E-state index >= 15 is 0 Å². The minimum absolute atomic E-state index is 0.156. The van der Waals surface area contributed by atoms with Crippen molar-refractivity contribution in [3.05, 3.63) is 35.6 Å². The molecule has 1 rings (SSSR count). The highest BCUT2D eigenvalue weighted by Gasteiger charge is 2.15. The molecule has 0 spiro atoms. The highest BCUT2D eigenvalue weighted by atomic mass is 19.1. The first-order valence-corrected chi connectivity index (χ1v) is 6.60. The molecular formula is C15H25FN2. The van der Waals surface area contributed by atoms with E-state index in [0.29, 0.717) is 11.8 Å². The predicted molar refractivity (Wildman–Crippen MR) is 75.0 cm³/mol. The van der Waals surface area contributed by atoms with Crippen LogP contribution in [0.3, 0.4) is 0 Å². The zero-order chi connectivity index (χ0) is 13.5. The molecular weight excluding hydrogens is 227 g/mol. The smallest absolute Gasteiger partial charge is 0.123 e. The van der Waals surface area contributed by atoms with Crippen LogP contribution in [0.2, 0.25) is 0 Å². The molecule has 18 heavy (non-hydrogen) atoms. The third-order valence-electron chi connectivity index (χ3n) is 3.30. The van der Waals surface area contributed by atoms with E-state index in [1.807, 2.05) is 13.1 Å². The Hall–Kier alpha value is -0.930. The van der Waals surface area contributed by atoms with Gasteiger partial charge in [-0.05, 0) is 50.2 Å². The molecule has 1 aromatic carbocycles. The van der Waals surface area contributed by atoms with Crippen LogP contribution in [-0.4, -0.2) is 32.1 Å². The van der Waals surface area contributed by atoms with Gasteiger partial charge in [0.1, 0.15) is 5.82 Å². The van der Waals surface area contributed by atoms with Crippen LogP contribution in [0.25, 0.3) is 0 Å². The quantitative estimate of drug-likeness (QED) is 0.802. The van der Waals surface area contributed by atoms with Crippen molar-refractivity contribution in [2.45, 2.75) is 20.4 Å². The summed E-state index contributed by atoms with van der Waals surface area (Å²) in [6.07, 6.45) is 0. The van der Waals surface area contributed by atoms with E-state index < -0.39 is 0 Å². The minimum atomic E-state index is -0.156. The van der Waals surface area contributed by atoms with Gasteiger partial charge in [-0.15, -0.1) is 0 Å². The third-order valence-corrected chi connectivity index (χ3v) is 3.30. The summed E-state index contributed by atoms with van der Waals surface area (Å²) < 4.78 is 13.1. The van der Waals surface area contributed by atoms with Crippen molar-refractivity contribution in [2.24, 2.45) is 11.8 Å². The highest BCUT2D eigenvalue weighted by Crippen LogP contribution is 2.13. The van der Waals surface area contributed by atoms with Gasteiger partial charge in [-0.1, -0.05) is 26.0 Å². The van der Waals surface area contributed by atoms with Gasteiger partial charge in [0.15, 0.2) is 0 Å². The van der Waals surface area contributed by atoms with Gasteiger partial charge in [-0.2, -0.15) is 0 Å². The summed E-state index contributed by atoms with van der Waals surface area (Å²) in [4.78, 5) is 2.26. The lowest BCUT2D eigenvalue weighted by Crippen LogP contribution is -2.34. The molecule has 2 nitrogen and oxygen atoms in total. The summed E-state index contributed by atoms with van der Waals surface area (Å²) in [5.41, 5.74) is 1.03. The molecule has 1 aromatic rings. The van der Waals surface area contributed by atoms with Crippen LogP contribution < -0.4 is 5.32 Å². The number of hydrogen-bond acceptors (Lipinski definition) is 2. The second kappa shape index (κ2) is 7.49. The number of rotatable bonds is 7. The Labute approximate surface area is 110 Å². The van der Waals surface area contributed by atoms with Gasteiger partial charge >= 0.3 is 0 Å². The van der Waals surface area contributed by atoms with Gasteiger partial charge in [-0.3, -0.25) is 0 Å². The van der Waals surface area contributed by atoms with Crippen LogP contribution in [0.5, 0.6) is 0 Å². The molecule has 0 saturated heterocycles. The molecule has 0 aliphatic heterocycles. The van der Waals surface area contributed by atoms with Crippen LogP contribution >= 0.6 is 0 Å². The SMILES string of the molecule is CNCC(CN(C)Cc1cccc(F)c1)C(C)C. The number of halogens is 1. The van der Waals surface area contributed by atoms with E-state index in [4.69, 9.17) is 0 Å². The predicted octanol–water partition coefficient (Wildman–Crippen LogP) is 2.75. The maximum atomic E-state index is 13.1. The fraction of sp³-hybridized carbons (Fsp3) is 0.600. The first kappa shape index (κ1) is 15.1. The van der Waals surface area contributed by atoms with Crippen molar-refractivity contribution in [1.29, 1.82) is 0 Å². The number of hydrogen-bond donors (Lipinski definition) is 1. The topological polar surface area (TPSA) is 15.3 Å². The Morgan fingerprint density at radius 3 is 2.61 bits per heavy atom. The Balaban J connectivity index is 2.51. The lowest BCUT2D eigenvalue weighted by molar-refractivity contribution is 0.227. The Bertz CT molecular complexity index is 352. The van der Waals surface area contributed by atoms with Gasteiger partial charge in [0, 0.05) is 13.1 Å². The van der Waals surface area contributed by atoms with Crippen molar-refractivity contribution in [3.63, 3.8) is 0 Å². The van der Waals surface area contributed by atoms with Crippen LogP contribution in [0, 0.1) is 17.7 Å². The first-order valence-electron chi connectivity index (χ1n) is 6.60. The van der Waals surface area contributed by atoms with E-state index in [1.165, 1.54) is 6.07 Å². The van der Waals surface area contributed by atoms with E-state index in [2.05, 4.69) is 31.1 Å². The zero-order valence-corrected chi connectivity index (χ0v) is 11.9. The summed E-state index contributed by atoms with van der Waals surface area (Å²) in [5, 5.41) is 3.24. The molecule has 1 atom stereocenters. The number of nitrogens with one attached hydrogen (secondary N) is 1. The monoisotopic (exact) mass is 252 g/mol. The molecule has 1 N–H and O–H groups in total. The Morgan fingerprint density at radius 2 is 2.06 bits per heavy atom. The lowest BCUT2D eigenvalue weighted by Gasteiger charge is -2.26. The second-order valence-electron chi connectivity index (χ2n) is 5.39. The van der Waals surface area contributed by atoms with Crippen LogP contribution in [0.15, 0.2) is 24.3 Å².